The van der Waals surface area contributed by atoms with E-state index in [1.807, 2.05) is 53.2 Å². The van der Waals surface area contributed by atoms with Gasteiger partial charge in [0.05, 0.1) is 22.8 Å². The third-order valence-corrected chi connectivity index (χ3v) is 6.21. The van der Waals surface area contributed by atoms with E-state index in [1.165, 1.54) is 6.07 Å². The number of hydrogen-bond acceptors (Lipinski definition) is 3. The summed E-state index contributed by atoms with van der Waals surface area (Å²) in [5, 5.41) is 4.18. The normalized spacial score (nSPS) is 18.1. The van der Waals surface area contributed by atoms with Gasteiger partial charge in [0.25, 0.3) is 0 Å². The minimum atomic E-state index is -0.446. The van der Waals surface area contributed by atoms with Crippen molar-refractivity contribution in [3.63, 3.8) is 0 Å². The number of nitrogens with one attached hydrogen (secondary N) is 1. The second-order valence-electron chi connectivity index (χ2n) is 7.51. The average molecular weight is 464 g/mol. The Balaban J connectivity index is 1.61. The van der Waals surface area contributed by atoms with Crippen molar-refractivity contribution in [2.45, 2.75) is 18.6 Å². The minimum absolute atomic E-state index is 0.0807. The Morgan fingerprint density at radius 1 is 1.03 bits per heavy atom. The quantitative estimate of drug-likeness (QED) is 0.410. The molecule has 0 saturated carbocycles. The van der Waals surface area contributed by atoms with E-state index in [-0.39, 0.29) is 17.1 Å². The van der Waals surface area contributed by atoms with Crippen LogP contribution in [0.15, 0.2) is 85.5 Å². The predicted octanol–water partition coefficient (Wildman–Crippen LogP) is 5.23. The van der Waals surface area contributed by atoms with E-state index in [0.717, 1.165) is 22.6 Å². The number of thiocarbonyl (C=S) groups is 1. The number of nitrogens with zero attached hydrogens (tertiary/aromatic N) is 4. The highest BCUT2D eigenvalue weighted by Gasteiger charge is 2.41. The zero-order chi connectivity index (χ0) is 22.1. The Bertz CT molecular complexity index is 1250. The predicted molar refractivity (Wildman–Crippen MR) is 126 cm³/mol. The molecule has 1 fully saturated rings. The Morgan fingerprint density at radius 3 is 2.62 bits per heavy atom. The maximum atomic E-state index is 13.8. The Hall–Kier alpha value is -3.29. The lowest BCUT2D eigenvalue weighted by Gasteiger charge is -2.29. The summed E-state index contributed by atoms with van der Waals surface area (Å²) < 4.78 is 15.8. The van der Waals surface area contributed by atoms with Crippen LogP contribution in [0.4, 0.5) is 4.39 Å². The number of rotatable bonds is 5. The number of pyridine rings is 2. The van der Waals surface area contributed by atoms with Gasteiger partial charge in [-0.1, -0.05) is 17.7 Å². The molecule has 5 nitrogen and oxygen atoms in total. The fourth-order valence-electron chi connectivity index (χ4n) is 4.09. The van der Waals surface area contributed by atoms with Crippen LogP contribution in [0.1, 0.15) is 29.0 Å². The number of aromatic nitrogens is 3. The topological polar surface area (TPSA) is 46.0 Å². The summed E-state index contributed by atoms with van der Waals surface area (Å²) in [4.78, 5) is 10.9. The summed E-state index contributed by atoms with van der Waals surface area (Å²) in [7, 11) is 0. The Morgan fingerprint density at radius 2 is 1.88 bits per heavy atom. The molecule has 2 atom stereocenters. The molecule has 0 amide bonds. The van der Waals surface area contributed by atoms with Gasteiger partial charge in [-0.25, -0.2) is 4.39 Å². The fourth-order valence-corrected chi connectivity index (χ4v) is 4.57. The molecule has 1 saturated heterocycles. The van der Waals surface area contributed by atoms with Crippen molar-refractivity contribution in [1.82, 2.24) is 24.8 Å². The molecule has 4 aromatic rings. The molecule has 3 aromatic heterocycles. The van der Waals surface area contributed by atoms with Crippen molar-refractivity contribution in [2.24, 2.45) is 0 Å². The molecule has 0 spiro atoms. The smallest absolute Gasteiger partial charge is 0.170 e. The lowest BCUT2D eigenvalue weighted by Crippen LogP contribution is -2.30. The van der Waals surface area contributed by atoms with Crippen molar-refractivity contribution >= 4 is 28.9 Å². The second-order valence-corrected chi connectivity index (χ2v) is 8.31. The largest absolute Gasteiger partial charge is 0.352 e. The summed E-state index contributed by atoms with van der Waals surface area (Å²) >= 11 is 11.8. The van der Waals surface area contributed by atoms with E-state index >= 15 is 0 Å². The standard InChI is InChI=1S/C24H19ClFN5S/c25-18-14-17(6-7-19(18)26)30-13-3-5-21(30)23-22(20-4-1-2-10-28-20)29-24(32)31(23)15-16-8-11-27-12-9-16/h1-14,22-23H,15H2,(H,29,32)/t22-,23-/m0/s1. The summed E-state index contributed by atoms with van der Waals surface area (Å²) in [5.74, 6) is -0.446. The van der Waals surface area contributed by atoms with Crippen LogP contribution in [0.3, 0.4) is 0 Å². The molecule has 1 aliphatic rings. The van der Waals surface area contributed by atoms with Crippen molar-refractivity contribution in [3.8, 4) is 5.69 Å². The lowest BCUT2D eigenvalue weighted by molar-refractivity contribution is 0.302. The van der Waals surface area contributed by atoms with Crippen LogP contribution >= 0.6 is 23.8 Å². The Kier molecular flexibility index (Phi) is 5.59. The van der Waals surface area contributed by atoms with E-state index in [9.17, 15) is 4.39 Å². The molecule has 160 valence electrons. The first-order valence-electron chi connectivity index (χ1n) is 10.1. The number of halogens is 2. The van der Waals surface area contributed by atoms with Crippen LogP contribution in [0.2, 0.25) is 5.02 Å². The molecule has 5 rings (SSSR count). The molecule has 0 bridgehead atoms. The van der Waals surface area contributed by atoms with Crippen LogP contribution < -0.4 is 5.32 Å². The highest BCUT2D eigenvalue weighted by Crippen LogP contribution is 2.40. The van der Waals surface area contributed by atoms with E-state index in [2.05, 4.69) is 20.2 Å². The zero-order valence-electron chi connectivity index (χ0n) is 16.9. The SMILES string of the molecule is Fc1ccc(-n2cccc2[C@H]2[C@H](c3ccccn3)NC(=S)N2Cc2ccncc2)cc1Cl. The van der Waals surface area contributed by atoms with Gasteiger partial charge >= 0.3 is 0 Å². The molecule has 0 unspecified atom stereocenters. The summed E-state index contributed by atoms with van der Waals surface area (Å²) in [5.41, 5.74) is 3.75. The Labute approximate surface area is 195 Å². The van der Waals surface area contributed by atoms with E-state index < -0.39 is 5.82 Å². The van der Waals surface area contributed by atoms with Crippen LogP contribution in [0.5, 0.6) is 0 Å². The van der Waals surface area contributed by atoms with Gasteiger partial charge in [0.1, 0.15) is 5.82 Å². The molecule has 0 radical (unpaired) electrons. The van der Waals surface area contributed by atoms with Crippen molar-refractivity contribution < 1.29 is 4.39 Å². The van der Waals surface area contributed by atoms with Gasteiger partial charge < -0.3 is 14.8 Å². The maximum Gasteiger partial charge on any atom is 0.170 e. The lowest BCUT2D eigenvalue weighted by atomic mass is 10.0. The van der Waals surface area contributed by atoms with Gasteiger partial charge in [0.2, 0.25) is 0 Å². The molecule has 4 heterocycles. The summed E-state index contributed by atoms with van der Waals surface area (Å²) in [6.45, 7) is 0.609. The van der Waals surface area contributed by atoms with Crippen molar-refractivity contribution in [3.05, 3.63) is 113 Å². The first-order chi connectivity index (χ1) is 15.6. The number of benzene rings is 1. The third-order valence-electron chi connectivity index (χ3n) is 5.56. The van der Waals surface area contributed by atoms with Gasteiger partial charge in [-0.2, -0.15) is 0 Å². The molecular formula is C24H19ClFN5S. The van der Waals surface area contributed by atoms with Gasteiger partial charge in [0, 0.05) is 42.7 Å². The van der Waals surface area contributed by atoms with Gasteiger partial charge in [0.15, 0.2) is 5.11 Å². The van der Waals surface area contributed by atoms with Crippen LogP contribution in [-0.2, 0) is 6.54 Å². The average Bonchev–Trinajstić information content (AvgIpc) is 3.42. The van der Waals surface area contributed by atoms with Gasteiger partial charge in [-0.3, -0.25) is 9.97 Å². The minimum Gasteiger partial charge on any atom is -0.352 e. The molecule has 1 aromatic carbocycles. The van der Waals surface area contributed by atoms with E-state index in [1.54, 1.807) is 30.7 Å². The van der Waals surface area contributed by atoms with E-state index in [4.69, 9.17) is 23.8 Å². The molecule has 1 aliphatic heterocycles. The van der Waals surface area contributed by atoms with Gasteiger partial charge in [-0.15, -0.1) is 0 Å². The first-order valence-corrected chi connectivity index (χ1v) is 10.9. The molecular weight excluding hydrogens is 445 g/mol. The van der Waals surface area contributed by atoms with Crippen LogP contribution in [-0.4, -0.2) is 24.5 Å². The molecule has 1 N–H and O–H groups in total. The van der Waals surface area contributed by atoms with Crippen molar-refractivity contribution in [1.29, 1.82) is 0 Å². The first kappa shape index (κ1) is 20.6. The number of hydrogen-bond donors (Lipinski definition) is 1. The second kappa shape index (κ2) is 8.68. The monoisotopic (exact) mass is 463 g/mol. The zero-order valence-corrected chi connectivity index (χ0v) is 18.5. The molecule has 0 aliphatic carbocycles. The highest BCUT2D eigenvalue weighted by molar-refractivity contribution is 7.80. The highest BCUT2D eigenvalue weighted by atomic mass is 35.5. The molecule has 8 heteroatoms. The van der Waals surface area contributed by atoms with Crippen LogP contribution in [0.25, 0.3) is 5.69 Å². The molecule has 32 heavy (non-hydrogen) atoms. The van der Waals surface area contributed by atoms with E-state index in [0.29, 0.717) is 11.7 Å². The van der Waals surface area contributed by atoms with Crippen LogP contribution in [0, 0.1) is 5.82 Å². The fraction of sp³-hybridized carbons (Fsp3) is 0.125. The van der Waals surface area contributed by atoms with Gasteiger partial charge in [-0.05, 0) is 72.4 Å². The summed E-state index contributed by atoms with van der Waals surface area (Å²) in [6.07, 6.45) is 7.27. The van der Waals surface area contributed by atoms with Crippen molar-refractivity contribution in [2.75, 3.05) is 0 Å². The third kappa shape index (κ3) is 3.85. The maximum absolute atomic E-state index is 13.8. The summed E-state index contributed by atoms with van der Waals surface area (Å²) in [6, 6.07) is 18.2.